The standard InChI is InChI=1S/C14H20N6S.C2H4O2/c1-9-7-16-10(2)13(17-9)21-14-19-18-12(20(14)3)11-5-4-6-15-8-11;1-2(3)4/h7,11,15H,4-6,8H2,1-3H3;1H3,(H,3,4). The van der Waals surface area contributed by atoms with E-state index in [0.717, 1.165) is 47.4 Å². The lowest BCUT2D eigenvalue weighted by Crippen LogP contribution is -2.29. The molecule has 1 atom stereocenters. The first-order valence-corrected chi connectivity index (χ1v) is 8.97. The third kappa shape index (κ3) is 5.50. The van der Waals surface area contributed by atoms with Crippen molar-refractivity contribution in [3.63, 3.8) is 0 Å². The van der Waals surface area contributed by atoms with Crippen molar-refractivity contribution in [2.45, 2.75) is 49.7 Å². The Kier molecular flexibility index (Phi) is 6.89. The molecule has 2 aromatic heterocycles. The average molecular weight is 364 g/mol. The summed E-state index contributed by atoms with van der Waals surface area (Å²) >= 11 is 1.54. The molecule has 8 nitrogen and oxygen atoms in total. The number of nitrogens with one attached hydrogen (secondary N) is 1. The van der Waals surface area contributed by atoms with Crippen LogP contribution in [0.25, 0.3) is 0 Å². The number of carboxylic acids is 1. The van der Waals surface area contributed by atoms with Gasteiger partial charge in [-0.15, -0.1) is 10.2 Å². The minimum absolute atomic E-state index is 0.454. The van der Waals surface area contributed by atoms with Crippen LogP contribution >= 0.6 is 11.8 Å². The van der Waals surface area contributed by atoms with Gasteiger partial charge in [0.15, 0.2) is 5.16 Å². The van der Waals surface area contributed by atoms with E-state index in [1.165, 1.54) is 24.6 Å². The van der Waals surface area contributed by atoms with Gasteiger partial charge < -0.3 is 15.0 Å². The maximum absolute atomic E-state index is 9.00. The molecule has 3 heterocycles. The van der Waals surface area contributed by atoms with Crippen LogP contribution in [-0.4, -0.2) is 48.9 Å². The number of aromatic nitrogens is 5. The average Bonchev–Trinajstić information content (AvgIpc) is 2.92. The van der Waals surface area contributed by atoms with Crippen molar-refractivity contribution >= 4 is 17.7 Å². The van der Waals surface area contributed by atoms with Gasteiger partial charge in [0.05, 0.1) is 11.4 Å². The predicted molar refractivity (Wildman–Crippen MR) is 94.8 cm³/mol. The molecule has 0 spiro atoms. The zero-order valence-corrected chi connectivity index (χ0v) is 15.8. The predicted octanol–water partition coefficient (Wildman–Crippen LogP) is 1.93. The van der Waals surface area contributed by atoms with Gasteiger partial charge in [-0.3, -0.25) is 9.78 Å². The van der Waals surface area contributed by atoms with Crippen LogP contribution in [0, 0.1) is 13.8 Å². The lowest BCUT2D eigenvalue weighted by atomic mass is 9.99. The first-order valence-electron chi connectivity index (χ1n) is 8.16. The van der Waals surface area contributed by atoms with Crippen molar-refractivity contribution in [3.8, 4) is 0 Å². The van der Waals surface area contributed by atoms with E-state index < -0.39 is 5.97 Å². The molecule has 1 aliphatic heterocycles. The number of aryl methyl sites for hydroxylation is 2. The SMILES string of the molecule is CC(=O)O.Cc1cnc(C)c(Sc2nnc(C3CCCNC3)n2C)n1. The summed E-state index contributed by atoms with van der Waals surface area (Å²) in [5, 5.41) is 21.3. The van der Waals surface area contributed by atoms with Crippen LogP contribution in [0.5, 0.6) is 0 Å². The number of carbonyl (C=O) groups is 1. The van der Waals surface area contributed by atoms with Crippen molar-refractivity contribution in [2.24, 2.45) is 7.05 Å². The van der Waals surface area contributed by atoms with E-state index in [0.29, 0.717) is 5.92 Å². The smallest absolute Gasteiger partial charge is 0.300 e. The summed E-state index contributed by atoms with van der Waals surface area (Å²) in [7, 11) is 2.03. The molecular formula is C16H24N6O2S. The van der Waals surface area contributed by atoms with E-state index in [2.05, 4.69) is 30.0 Å². The van der Waals surface area contributed by atoms with Crippen molar-refractivity contribution in [3.05, 3.63) is 23.4 Å². The third-order valence-corrected chi connectivity index (χ3v) is 4.87. The summed E-state index contributed by atoms with van der Waals surface area (Å²) in [6.45, 7) is 7.09. The van der Waals surface area contributed by atoms with E-state index >= 15 is 0 Å². The van der Waals surface area contributed by atoms with Gasteiger partial charge in [-0.2, -0.15) is 0 Å². The Labute approximate surface area is 151 Å². The van der Waals surface area contributed by atoms with Gasteiger partial charge in [-0.1, -0.05) is 0 Å². The number of hydrogen-bond donors (Lipinski definition) is 2. The zero-order valence-electron chi connectivity index (χ0n) is 15.0. The second kappa shape index (κ2) is 8.91. The molecule has 1 saturated heterocycles. The zero-order chi connectivity index (χ0) is 18.4. The Balaban J connectivity index is 0.000000511. The van der Waals surface area contributed by atoms with E-state index in [4.69, 9.17) is 9.90 Å². The molecule has 1 aliphatic rings. The Hall–Kier alpha value is -2.00. The maximum Gasteiger partial charge on any atom is 0.300 e. The highest BCUT2D eigenvalue weighted by molar-refractivity contribution is 7.99. The quantitative estimate of drug-likeness (QED) is 0.851. The third-order valence-electron chi connectivity index (χ3n) is 3.75. The summed E-state index contributed by atoms with van der Waals surface area (Å²) < 4.78 is 2.09. The minimum atomic E-state index is -0.833. The van der Waals surface area contributed by atoms with Crippen LogP contribution in [0.3, 0.4) is 0 Å². The molecule has 9 heteroatoms. The van der Waals surface area contributed by atoms with Crippen LogP contribution in [0.2, 0.25) is 0 Å². The number of piperidine rings is 1. The summed E-state index contributed by atoms with van der Waals surface area (Å²) in [6, 6.07) is 0. The van der Waals surface area contributed by atoms with E-state index in [-0.39, 0.29) is 0 Å². The van der Waals surface area contributed by atoms with Crippen molar-refractivity contribution in [1.82, 2.24) is 30.0 Å². The van der Waals surface area contributed by atoms with Gasteiger partial charge in [-0.05, 0) is 45.0 Å². The van der Waals surface area contributed by atoms with Gasteiger partial charge in [0, 0.05) is 32.6 Å². The molecule has 136 valence electrons. The summed E-state index contributed by atoms with van der Waals surface area (Å²) in [4.78, 5) is 17.9. The van der Waals surface area contributed by atoms with Crippen LogP contribution in [0.15, 0.2) is 16.4 Å². The molecule has 3 rings (SSSR count). The highest BCUT2D eigenvalue weighted by atomic mass is 32.2. The number of rotatable bonds is 3. The Bertz CT molecular complexity index is 723. The number of hydrogen-bond acceptors (Lipinski definition) is 7. The fourth-order valence-electron chi connectivity index (χ4n) is 2.54. The summed E-state index contributed by atoms with van der Waals surface area (Å²) in [5.74, 6) is 0.679. The molecule has 1 fully saturated rings. The molecule has 25 heavy (non-hydrogen) atoms. The van der Waals surface area contributed by atoms with Gasteiger partial charge >= 0.3 is 0 Å². The lowest BCUT2D eigenvalue weighted by molar-refractivity contribution is -0.134. The number of aliphatic carboxylic acids is 1. The van der Waals surface area contributed by atoms with Gasteiger partial charge in [0.1, 0.15) is 10.9 Å². The van der Waals surface area contributed by atoms with Crippen molar-refractivity contribution < 1.29 is 9.90 Å². The Morgan fingerprint density at radius 3 is 2.76 bits per heavy atom. The molecule has 2 N–H and O–H groups in total. The van der Waals surface area contributed by atoms with Gasteiger partial charge in [0.25, 0.3) is 5.97 Å². The summed E-state index contributed by atoms with van der Waals surface area (Å²) in [5.41, 5.74) is 1.84. The molecule has 1 unspecified atom stereocenters. The van der Waals surface area contributed by atoms with Gasteiger partial charge in [-0.25, -0.2) is 4.98 Å². The van der Waals surface area contributed by atoms with Crippen molar-refractivity contribution in [2.75, 3.05) is 13.1 Å². The van der Waals surface area contributed by atoms with Crippen LogP contribution in [0.4, 0.5) is 0 Å². The van der Waals surface area contributed by atoms with Crippen LogP contribution in [0.1, 0.15) is 42.9 Å². The topological polar surface area (TPSA) is 106 Å². The second-order valence-electron chi connectivity index (χ2n) is 5.97. The number of carboxylic acid groups (broad SMARTS) is 1. The highest BCUT2D eigenvalue weighted by Gasteiger charge is 2.22. The molecule has 2 aromatic rings. The number of nitrogens with zero attached hydrogens (tertiary/aromatic N) is 5. The lowest BCUT2D eigenvalue weighted by Gasteiger charge is -2.21. The summed E-state index contributed by atoms with van der Waals surface area (Å²) in [6.07, 6.45) is 4.16. The fourth-order valence-corrected chi connectivity index (χ4v) is 3.42. The van der Waals surface area contributed by atoms with E-state index in [1.807, 2.05) is 20.9 Å². The molecule has 0 bridgehead atoms. The molecule has 0 amide bonds. The second-order valence-corrected chi connectivity index (χ2v) is 6.92. The van der Waals surface area contributed by atoms with Crippen molar-refractivity contribution in [1.29, 1.82) is 0 Å². The Morgan fingerprint density at radius 2 is 2.12 bits per heavy atom. The van der Waals surface area contributed by atoms with Crippen LogP contribution < -0.4 is 5.32 Å². The Morgan fingerprint density at radius 1 is 1.40 bits per heavy atom. The molecule has 0 aromatic carbocycles. The van der Waals surface area contributed by atoms with E-state index in [1.54, 1.807) is 6.20 Å². The fraction of sp³-hybridized carbons (Fsp3) is 0.562. The first-order chi connectivity index (χ1) is 11.9. The molecule has 0 saturated carbocycles. The largest absolute Gasteiger partial charge is 0.481 e. The monoisotopic (exact) mass is 364 g/mol. The normalized spacial score (nSPS) is 16.9. The molecular weight excluding hydrogens is 340 g/mol. The maximum atomic E-state index is 9.00. The minimum Gasteiger partial charge on any atom is -0.481 e. The molecule has 0 radical (unpaired) electrons. The first kappa shape index (κ1) is 19.3. The molecule has 0 aliphatic carbocycles. The van der Waals surface area contributed by atoms with Gasteiger partial charge in [0.2, 0.25) is 0 Å². The highest BCUT2D eigenvalue weighted by Crippen LogP contribution is 2.29. The van der Waals surface area contributed by atoms with E-state index in [9.17, 15) is 0 Å². The van der Waals surface area contributed by atoms with Crippen LogP contribution in [-0.2, 0) is 11.8 Å².